The number of amides is 1. The summed E-state index contributed by atoms with van der Waals surface area (Å²) in [4.78, 5) is 39.5. The van der Waals surface area contributed by atoms with Crippen LogP contribution in [0.25, 0.3) is 10.2 Å². The molecule has 3 rings (SSSR count). The van der Waals surface area contributed by atoms with E-state index < -0.39 is 5.69 Å². The summed E-state index contributed by atoms with van der Waals surface area (Å²) in [5, 5.41) is 0.380. The van der Waals surface area contributed by atoms with Crippen LogP contribution in [0.15, 0.2) is 39.9 Å². The summed E-state index contributed by atoms with van der Waals surface area (Å²) in [6.45, 7) is 1.96. The predicted molar refractivity (Wildman–Crippen MR) is 96.2 cm³/mol. The Hall–Kier alpha value is -2.67. The van der Waals surface area contributed by atoms with Gasteiger partial charge in [0.15, 0.2) is 0 Å². The van der Waals surface area contributed by atoms with Gasteiger partial charge in [0, 0.05) is 26.8 Å². The number of aromatic nitrogens is 2. The first-order valence-corrected chi connectivity index (χ1v) is 8.17. The van der Waals surface area contributed by atoms with Gasteiger partial charge in [-0.05, 0) is 30.7 Å². The van der Waals surface area contributed by atoms with Crippen LogP contribution in [0.1, 0.15) is 15.2 Å². The van der Waals surface area contributed by atoms with Gasteiger partial charge in [-0.2, -0.15) is 0 Å². The zero-order valence-electron chi connectivity index (χ0n) is 13.9. The highest BCUT2D eigenvalue weighted by Gasteiger charge is 2.20. The Bertz CT molecular complexity index is 1070. The van der Waals surface area contributed by atoms with Crippen molar-refractivity contribution in [2.45, 2.75) is 6.92 Å². The van der Waals surface area contributed by atoms with Crippen LogP contribution >= 0.6 is 11.3 Å². The second-order valence-electron chi connectivity index (χ2n) is 5.74. The zero-order valence-corrected chi connectivity index (χ0v) is 14.7. The van der Waals surface area contributed by atoms with Crippen molar-refractivity contribution in [2.75, 3.05) is 11.9 Å². The molecule has 0 spiro atoms. The molecule has 0 saturated carbocycles. The van der Waals surface area contributed by atoms with Gasteiger partial charge in [-0.1, -0.05) is 12.1 Å². The summed E-state index contributed by atoms with van der Waals surface area (Å²) in [6, 6.07) is 9.18. The fourth-order valence-corrected chi connectivity index (χ4v) is 3.67. The second kappa shape index (κ2) is 5.76. The molecule has 0 aliphatic heterocycles. The third-order valence-electron chi connectivity index (χ3n) is 4.03. The third kappa shape index (κ3) is 2.46. The number of aryl methyl sites for hydroxylation is 2. The van der Waals surface area contributed by atoms with E-state index in [2.05, 4.69) is 0 Å². The molecule has 3 aromatic rings. The minimum absolute atomic E-state index is 0.212. The Labute approximate surface area is 142 Å². The van der Waals surface area contributed by atoms with Crippen LogP contribution < -0.4 is 16.1 Å². The lowest BCUT2D eigenvalue weighted by Gasteiger charge is -2.16. The van der Waals surface area contributed by atoms with Gasteiger partial charge >= 0.3 is 5.69 Å². The van der Waals surface area contributed by atoms with Gasteiger partial charge in [-0.3, -0.25) is 18.7 Å². The molecule has 1 aromatic carbocycles. The largest absolute Gasteiger partial charge is 0.331 e. The molecule has 0 aliphatic rings. The molecule has 24 heavy (non-hydrogen) atoms. The minimum atomic E-state index is -0.402. The van der Waals surface area contributed by atoms with E-state index in [1.165, 1.54) is 11.6 Å². The number of anilines is 1. The summed E-state index contributed by atoms with van der Waals surface area (Å²) in [7, 11) is 4.72. The van der Waals surface area contributed by atoms with Crippen molar-refractivity contribution in [3.8, 4) is 0 Å². The van der Waals surface area contributed by atoms with E-state index in [0.29, 0.717) is 15.1 Å². The topological polar surface area (TPSA) is 64.3 Å². The molecule has 0 N–H and O–H groups in total. The SMILES string of the molecule is Cc1cccc(N(C)C(=O)c2cc3c(=O)n(C)c(=O)n(C)c3s2)c1. The van der Waals surface area contributed by atoms with Gasteiger partial charge in [-0.15, -0.1) is 11.3 Å². The molecule has 0 aliphatic carbocycles. The van der Waals surface area contributed by atoms with Crippen molar-refractivity contribution >= 4 is 33.1 Å². The Morgan fingerprint density at radius 1 is 1.12 bits per heavy atom. The molecule has 124 valence electrons. The average Bonchev–Trinajstić information content (AvgIpc) is 3.02. The van der Waals surface area contributed by atoms with Crippen LogP contribution in [-0.4, -0.2) is 22.1 Å². The zero-order chi connectivity index (χ0) is 17.6. The molecular formula is C17H17N3O3S. The van der Waals surface area contributed by atoms with E-state index in [1.807, 2.05) is 31.2 Å². The van der Waals surface area contributed by atoms with E-state index in [0.717, 1.165) is 27.2 Å². The monoisotopic (exact) mass is 343 g/mol. The van der Waals surface area contributed by atoms with Gasteiger partial charge in [0.2, 0.25) is 0 Å². The molecule has 2 aromatic heterocycles. The van der Waals surface area contributed by atoms with Crippen molar-refractivity contribution in [3.63, 3.8) is 0 Å². The highest BCUT2D eigenvalue weighted by molar-refractivity contribution is 7.20. The highest BCUT2D eigenvalue weighted by Crippen LogP contribution is 2.25. The Balaban J connectivity index is 2.12. The highest BCUT2D eigenvalue weighted by atomic mass is 32.1. The molecule has 2 heterocycles. The Kier molecular flexibility index (Phi) is 3.88. The van der Waals surface area contributed by atoms with Crippen LogP contribution in [0.2, 0.25) is 0 Å². The average molecular weight is 343 g/mol. The van der Waals surface area contributed by atoms with Crippen molar-refractivity contribution in [3.05, 3.63) is 61.6 Å². The maximum absolute atomic E-state index is 12.8. The molecule has 1 amide bonds. The lowest BCUT2D eigenvalue weighted by Crippen LogP contribution is -2.36. The van der Waals surface area contributed by atoms with E-state index >= 15 is 0 Å². The molecule has 0 saturated heterocycles. The molecule has 0 atom stereocenters. The van der Waals surface area contributed by atoms with Gasteiger partial charge < -0.3 is 4.90 Å². The summed E-state index contributed by atoms with van der Waals surface area (Å²) >= 11 is 1.15. The van der Waals surface area contributed by atoms with Gasteiger partial charge in [0.05, 0.1) is 10.3 Å². The van der Waals surface area contributed by atoms with Gasteiger partial charge in [0.1, 0.15) is 4.83 Å². The summed E-state index contributed by atoms with van der Waals surface area (Å²) in [5.41, 5.74) is 1.04. The minimum Gasteiger partial charge on any atom is -0.311 e. The number of fused-ring (bicyclic) bond motifs is 1. The van der Waals surface area contributed by atoms with Crippen LogP contribution in [-0.2, 0) is 14.1 Å². The van der Waals surface area contributed by atoms with Crippen LogP contribution in [0.5, 0.6) is 0 Å². The Morgan fingerprint density at radius 2 is 1.83 bits per heavy atom. The first kappa shape index (κ1) is 16.2. The predicted octanol–water partition coefficient (Wildman–Crippen LogP) is 1.88. The number of nitrogens with zero attached hydrogens (tertiary/aromatic N) is 3. The van der Waals surface area contributed by atoms with Gasteiger partial charge in [0.25, 0.3) is 11.5 Å². The van der Waals surface area contributed by atoms with E-state index in [1.54, 1.807) is 25.1 Å². The number of hydrogen-bond acceptors (Lipinski definition) is 4. The smallest absolute Gasteiger partial charge is 0.311 e. The number of carbonyl (C=O) groups is 1. The first-order valence-electron chi connectivity index (χ1n) is 7.35. The third-order valence-corrected chi connectivity index (χ3v) is 5.23. The number of rotatable bonds is 2. The second-order valence-corrected chi connectivity index (χ2v) is 6.77. The molecule has 0 radical (unpaired) electrons. The standard InChI is InChI=1S/C17H17N3O3S/c1-10-6-5-7-11(8-10)18(2)15(22)13-9-12-14(21)19(3)17(23)20(4)16(12)24-13/h5-9H,1-4H3. The van der Waals surface area contributed by atoms with Crippen molar-refractivity contribution < 1.29 is 4.79 Å². The number of thiophene rings is 1. The quantitative estimate of drug-likeness (QED) is 0.714. The normalized spacial score (nSPS) is 11.0. The molecule has 0 unspecified atom stereocenters. The molecular weight excluding hydrogens is 326 g/mol. The summed E-state index contributed by atoms with van der Waals surface area (Å²) < 4.78 is 2.44. The first-order chi connectivity index (χ1) is 11.3. The van der Waals surface area contributed by atoms with Crippen LogP contribution in [0.3, 0.4) is 0 Å². The molecule has 7 heteroatoms. The van der Waals surface area contributed by atoms with Crippen LogP contribution in [0.4, 0.5) is 5.69 Å². The van der Waals surface area contributed by atoms with E-state index in [9.17, 15) is 14.4 Å². The Morgan fingerprint density at radius 3 is 2.50 bits per heavy atom. The fourth-order valence-electron chi connectivity index (χ4n) is 2.59. The number of carbonyl (C=O) groups excluding carboxylic acids is 1. The van der Waals surface area contributed by atoms with E-state index in [4.69, 9.17) is 0 Å². The lowest BCUT2D eigenvalue weighted by molar-refractivity contribution is 0.0997. The molecule has 0 fully saturated rings. The summed E-state index contributed by atoms with van der Waals surface area (Å²) in [6.07, 6.45) is 0. The van der Waals surface area contributed by atoms with Crippen molar-refractivity contribution in [1.82, 2.24) is 9.13 Å². The molecule has 6 nitrogen and oxygen atoms in total. The number of benzene rings is 1. The summed E-state index contributed by atoms with van der Waals surface area (Å²) in [5.74, 6) is -0.212. The maximum atomic E-state index is 12.8. The van der Waals surface area contributed by atoms with Crippen LogP contribution in [0, 0.1) is 6.92 Å². The van der Waals surface area contributed by atoms with Crippen molar-refractivity contribution in [2.24, 2.45) is 14.1 Å². The number of hydrogen-bond donors (Lipinski definition) is 0. The fraction of sp³-hybridized carbons (Fsp3) is 0.235. The van der Waals surface area contributed by atoms with Crippen molar-refractivity contribution in [1.29, 1.82) is 0 Å². The maximum Gasteiger partial charge on any atom is 0.331 e. The van der Waals surface area contributed by atoms with E-state index in [-0.39, 0.29) is 11.5 Å². The molecule has 0 bridgehead atoms. The lowest BCUT2D eigenvalue weighted by atomic mass is 10.2. The van der Waals surface area contributed by atoms with Gasteiger partial charge in [-0.25, -0.2) is 4.79 Å².